The van der Waals surface area contributed by atoms with Crippen molar-refractivity contribution in [1.29, 1.82) is 5.26 Å². The first-order chi connectivity index (χ1) is 9.66. The molecule has 0 saturated heterocycles. The van der Waals surface area contributed by atoms with Crippen LogP contribution in [0.2, 0.25) is 5.02 Å². The molecule has 0 aliphatic carbocycles. The van der Waals surface area contributed by atoms with Crippen molar-refractivity contribution in [2.75, 3.05) is 17.7 Å². The first kappa shape index (κ1) is 14.1. The van der Waals surface area contributed by atoms with Crippen LogP contribution >= 0.6 is 11.6 Å². The van der Waals surface area contributed by atoms with E-state index < -0.39 is 0 Å². The Balaban J connectivity index is 2.39. The standard InChI is InChI=1S/C14H14ClN5/c1-3-12-19-13(17-2)7-14(20-12)18-11-6-10(15)5-4-9(11)8-16/h4-7H,3H2,1-2H3,(H2,17,18,19,20). The number of benzene rings is 1. The maximum atomic E-state index is 9.11. The first-order valence-corrected chi connectivity index (χ1v) is 6.56. The van der Waals surface area contributed by atoms with Gasteiger partial charge in [-0.3, -0.25) is 0 Å². The molecule has 102 valence electrons. The molecule has 2 N–H and O–H groups in total. The van der Waals surface area contributed by atoms with Crippen molar-refractivity contribution in [3.8, 4) is 6.07 Å². The zero-order valence-corrected chi connectivity index (χ0v) is 12.0. The zero-order chi connectivity index (χ0) is 14.5. The summed E-state index contributed by atoms with van der Waals surface area (Å²) >= 11 is 5.96. The lowest BCUT2D eigenvalue weighted by Crippen LogP contribution is -2.03. The van der Waals surface area contributed by atoms with Gasteiger partial charge in [0.2, 0.25) is 0 Å². The lowest BCUT2D eigenvalue weighted by atomic mass is 10.2. The maximum Gasteiger partial charge on any atom is 0.136 e. The molecule has 0 radical (unpaired) electrons. The molecule has 0 bridgehead atoms. The summed E-state index contributed by atoms with van der Waals surface area (Å²) in [6.07, 6.45) is 0.727. The second-order valence-electron chi connectivity index (χ2n) is 4.08. The van der Waals surface area contributed by atoms with Crippen molar-refractivity contribution < 1.29 is 0 Å². The van der Waals surface area contributed by atoms with E-state index in [0.717, 1.165) is 18.1 Å². The molecule has 0 aliphatic heterocycles. The average molecular weight is 288 g/mol. The van der Waals surface area contributed by atoms with Crippen molar-refractivity contribution in [3.63, 3.8) is 0 Å². The molecule has 0 spiro atoms. The van der Waals surface area contributed by atoms with E-state index in [4.69, 9.17) is 16.9 Å². The Morgan fingerprint density at radius 2 is 2.00 bits per heavy atom. The predicted molar refractivity (Wildman–Crippen MR) is 80.4 cm³/mol. The monoisotopic (exact) mass is 287 g/mol. The lowest BCUT2D eigenvalue weighted by molar-refractivity contribution is 0.944. The third-order valence-electron chi connectivity index (χ3n) is 2.71. The highest BCUT2D eigenvalue weighted by atomic mass is 35.5. The summed E-state index contributed by atoms with van der Waals surface area (Å²) < 4.78 is 0. The fourth-order valence-electron chi connectivity index (χ4n) is 1.70. The van der Waals surface area contributed by atoms with E-state index in [0.29, 0.717) is 22.1 Å². The second-order valence-corrected chi connectivity index (χ2v) is 4.52. The lowest BCUT2D eigenvalue weighted by Gasteiger charge is -2.10. The number of anilines is 3. The van der Waals surface area contributed by atoms with Gasteiger partial charge in [0.1, 0.15) is 23.5 Å². The number of nitrogens with one attached hydrogen (secondary N) is 2. The van der Waals surface area contributed by atoms with Gasteiger partial charge in [-0.15, -0.1) is 0 Å². The molecule has 6 heteroatoms. The van der Waals surface area contributed by atoms with Crippen LogP contribution in [0.5, 0.6) is 0 Å². The molecule has 20 heavy (non-hydrogen) atoms. The molecule has 1 aromatic carbocycles. The highest BCUT2D eigenvalue weighted by molar-refractivity contribution is 6.30. The van der Waals surface area contributed by atoms with Gasteiger partial charge < -0.3 is 10.6 Å². The number of nitrogens with zero attached hydrogens (tertiary/aromatic N) is 3. The van der Waals surface area contributed by atoms with E-state index in [2.05, 4.69) is 26.7 Å². The average Bonchev–Trinajstić information content (AvgIpc) is 2.47. The third kappa shape index (κ3) is 3.16. The van der Waals surface area contributed by atoms with Gasteiger partial charge in [-0.25, -0.2) is 9.97 Å². The minimum absolute atomic E-state index is 0.511. The van der Waals surface area contributed by atoms with Gasteiger partial charge in [-0.2, -0.15) is 5.26 Å². The number of halogens is 1. The summed E-state index contributed by atoms with van der Waals surface area (Å²) in [6.45, 7) is 1.98. The van der Waals surface area contributed by atoms with E-state index in [1.807, 2.05) is 6.92 Å². The summed E-state index contributed by atoms with van der Waals surface area (Å²) in [6, 6.07) is 8.95. The molecule has 1 aromatic heterocycles. The van der Waals surface area contributed by atoms with Crippen LogP contribution in [0.1, 0.15) is 18.3 Å². The van der Waals surface area contributed by atoms with Crippen molar-refractivity contribution in [1.82, 2.24) is 9.97 Å². The van der Waals surface area contributed by atoms with Gasteiger partial charge in [-0.1, -0.05) is 18.5 Å². The number of rotatable bonds is 4. The molecular formula is C14H14ClN5. The Morgan fingerprint density at radius 3 is 2.65 bits per heavy atom. The molecule has 0 atom stereocenters. The zero-order valence-electron chi connectivity index (χ0n) is 11.2. The van der Waals surface area contributed by atoms with Gasteiger partial charge >= 0.3 is 0 Å². The van der Waals surface area contributed by atoms with E-state index in [-0.39, 0.29) is 0 Å². The quantitative estimate of drug-likeness (QED) is 0.902. The number of aromatic nitrogens is 2. The number of aryl methyl sites for hydroxylation is 1. The van der Waals surface area contributed by atoms with Crippen LogP contribution in [0.3, 0.4) is 0 Å². The highest BCUT2D eigenvalue weighted by Crippen LogP contribution is 2.24. The first-order valence-electron chi connectivity index (χ1n) is 6.18. The van der Waals surface area contributed by atoms with Crippen LogP contribution in [0.25, 0.3) is 0 Å². The molecule has 1 heterocycles. The fraction of sp³-hybridized carbons (Fsp3) is 0.214. The normalized spacial score (nSPS) is 9.90. The van der Waals surface area contributed by atoms with Gasteiger partial charge in [-0.05, 0) is 18.2 Å². The van der Waals surface area contributed by atoms with E-state index >= 15 is 0 Å². The molecule has 0 aliphatic rings. The molecular weight excluding hydrogens is 274 g/mol. The molecule has 2 aromatic rings. The Kier molecular flexibility index (Phi) is 4.38. The minimum Gasteiger partial charge on any atom is -0.373 e. The topological polar surface area (TPSA) is 73.6 Å². The minimum atomic E-state index is 0.511. The molecule has 2 rings (SSSR count). The summed E-state index contributed by atoms with van der Waals surface area (Å²) in [4.78, 5) is 8.70. The van der Waals surface area contributed by atoms with Gasteiger partial charge in [0.05, 0.1) is 11.3 Å². The van der Waals surface area contributed by atoms with Crippen molar-refractivity contribution in [2.24, 2.45) is 0 Å². The third-order valence-corrected chi connectivity index (χ3v) is 2.94. The molecule has 0 unspecified atom stereocenters. The van der Waals surface area contributed by atoms with Gasteiger partial charge in [0.15, 0.2) is 0 Å². The summed E-state index contributed by atoms with van der Waals surface area (Å²) in [7, 11) is 1.80. The summed E-state index contributed by atoms with van der Waals surface area (Å²) in [5.74, 6) is 2.07. The van der Waals surface area contributed by atoms with Crippen LogP contribution in [0.4, 0.5) is 17.3 Å². The summed E-state index contributed by atoms with van der Waals surface area (Å²) in [5.41, 5.74) is 1.14. The smallest absolute Gasteiger partial charge is 0.136 e. The molecule has 0 amide bonds. The van der Waals surface area contributed by atoms with Crippen LogP contribution in [-0.2, 0) is 6.42 Å². The SMILES string of the molecule is CCc1nc(NC)cc(Nc2cc(Cl)ccc2C#N)n1. The van der Waals surface area contributed by atoms with E-state index in [9.17, 15) is 0 Å². The Labute approximate surface area is 122 Å². The van der Waals surface area contributed by atoms with Gasteiger partial charge in [0, 0.05) is 24.6 Å². The highest BCUT2D eigenvalue weighted by Gasteiger charge is 2.07. The number of hydrogen-bond donors (Lipinski definition) is 2. The van der Waals surface area contributed by atoms with Crippen molar-refractivity contribution in [3.05, 3.63) is 40.7 Å². The Hall–Kier alpha value is -2.32. The van der Waals surface area contributed by atoms with E-state index in [1.54, 1.807) is 31.3 Å². The fourth-order valence-corrected chi connectivity index (χ4v) is 1.87. The van der Waals surface area contributed by atoms with Crippen LogP contribution in [-0.4, -0.2) is 17.0 Å². The van der Waals surface area contributed by atoms with Gasteiger partial charge in [0.25, 0.3) is 0 Å². The number of hydrogen-bond acceptors (Lipinski definition) is 5. The number of nitriles is 1. The van der Waals surface area contributed by atoms with Crippen molar-refractivity contribution >= 4 is 28.9 Å². The Bertz CT molecular complexity index is 641. The Morgan fingerprint density at radius 1 is 1.25 bits per heavy atom. The predicted octanol–water partition coefficient (Wildman–Crippen LogP) is 3.35. The largest absolute Gasteiger partial charge is 0.373 e. The second kappa shape index (κ2) is 6.22. The molecule has 5 nitrogen and oxygen atoms in total. The van der Waals surface area contributed by atoms with Crippen LogP contribution in [0.15, 0.2) is 24.3 Å². The van der Waals surface area contributed by atoms with Crippen LogP contribution in [0, 0.1) is 11.3 Å². The van der Waals surface area contributed by atoms with E-state index in [1.165, 1.54) is 0 Å². The summed E-state index contributed by atoms with van der Waals surface area (Å²) in [5, 5.41) is 15.8. The maximum absolute atomic E-state index is 9.11. The molecule has 0 saturated carbocycles. The van der Waals surface area contributed by atoms with Crippen molar-refractivity contribution in [2.45, 2.75) is 13.3 Å². The molecule has 0 fully saturated rings. The van der Waals surface area contributed by atoms with Crippen LogP contribution < -0.4 is 10.6 Å².